The van der Waals surface area contributed by atoms with E-state index >= 15 is 0 Å². The monoisotopic (exact) mass is 289 g/mol. The van der Waals surface area contributed by atoms with Gasteiger partial charge in [-0.15, -0.1) is 0 Å². The first-order valence-electron chi connectivity index (χ1n) is 5.63. The molecule has 0 aromatic heterocycles. The molecule has 1 aromatic rings. The minimum absolute atomic E-state index is 0. The van der Waals surface area contributed by atoms with E-state index in [0.717, 1.165) is 18.6 Å². The number of hydrogen-bond acceptors (Lipinski definition) is 1. The number of rotatable bonds is 4. The van der Waals surface area contributed by atoms with Crippen molar-refractivity contribution in [1.82, 2.24) is 0 Å². The van der Waals surface area contributed by atoms with Crippen LogP contribution in [0.25, 0.3) is 0 Å². The second-order valence-electron chi connectivity index (χ2n) is 4.71. The number of carbonyl (C=O) groups is 1. The van der Waals surface area contributed by atoms with Crippen molar-refractivity contribution in [1.29, 1.82) is 0 Å². The van der Waals surface area contributed by atoms with Gasteiger partial charge in [0.05, 0.1) is 5.69 Å². The predicted octanol–water partition coefficient (Wildman–Crippen LogP) is 3.73. The first kappa shape index (κ1) is 17.3. The number of benzene rings is 1. The largest absolute Gasteiger partial charge is 0.323 e. The van der Waals surface area contributed by atoms with Crippen LogP contribution in [0.15, 0.2) is 18.2 Å². The van der Waals surface area contributed by atoms with Crippen LogP contribution in [0.4, 0.5) is 14.5 Å². The minimum atomic E-state index is -0.759. The normalized spacial score (nSPS) is 10.7. The molecule has 0 bridgehead atoms. The van der Waals surface area contributed by atoms with Crippen molar-refractivity contribution in [3.05, 3.63) is 29.8 Å². The van der Waals surface area contributed by atoms with E-state index < -0.39 is 17.0 Å². The molecule has 0 unspecified atom stereocenters. The van der Waals surface area contributed by atoms with Gasteiger partial charge in [0.25, 0.3) is 0 Å². The van der Waals surface area contributed by atoms with Gasteiger partial charge in [0.1, 0.15) is 11.6 Å². The Balaban J connectivity index is 0.00000289. The summed E-state index contributed by atoms with van der Waals surface area (Å²) in [5, 5.41) is 2.48. The van der Waals surface area contributed by atoms with Crippen molar-refractivity contribution in [2.45, 2.75) is 33.6 Å². The quantitative estimate of drug-likeness (QED) is 0.841. The van der Waals surface area contributed by atoms with Crippen molar-refractivity contribution in [2.24, 2.45) is 5.41 Å². The van der Waals surface area contributed by atoms with Gasteiger partial charge in [0, 0.05) is 33.2 Å². The maximum atomic E-state index is 13.3. The van der Waals surface area contributed by atoms with Crippen LogP contribution in [0, 0.1) is 17.0 Å². The molecule has 98 valence electrons. The molecule has 0 spiro atoms. The van der Waals surface area contributed by atoms with Crippen LogP contribution in [0.2, 0.25) is 0 Å². The molecule has 0 saturated heterocycles. The molecule has 0 radical (unpaired) electrons. The summed E-state index contributed by atoms with van der Waals surface area (Å²) in [6, 6.07) is 3.10. The van der Waals surface area contributed by atoms with Gasteiger partial charge in [-0.1, -0.05) is 27.2 Å². The van der Waals surface area contributed by atoms with Gasteiger partial charge in [-0.3, -0.25) is 4.79 Å². The maximum absolute atomic E-state index is 13.3. The summed E-state index contributed by atoms with van der Waals surface area (Å²) in [6.07, 6.45) is 1.58. The fourth-order valence-electron chi connectivity index (χ4n) is 1.62. The van der Waals surface area contributed by atoms with Gasteiger partial charge in [0.2, 0.25) is 5.91 Å². The fourth-order valence-corrected chi connectivity index (χ4v) is 1.62. The summed E-state index contributed by atoms with van der Waals surface area (Å²) in [5.74, 6) is -1.68. The van der Waals surface area contributed by atoms with Crippen molar-refractivity contribution in [3.8, 4) is 0 Å². The van der Waals surface area contributed by atoms with E-state index in [4.69, 9.17) is 0 Å². The smallest absolute Gasteiger partial charge is 0.230 e. The van der Waals surface area contributed by atoms with Crippen molar-refractivity contribution >= 4 is 11.6 Å². The Hall–Kier alpha value is -0.736. The van der Waals surface area contributed by atoms with E-state index in [1.807, 2.05) is 6.92 Å². The number of anilines is 1. The van der Waals surface area contributed by atoms with Crippen LogP contribution in [0.5, 0.6) is 0 Å². The number of halogens is 2. The number of amides is 1. The van der Waals surface area contributed by atoms with Crippen LogP contribution >= 0.6 is 0 Å². The van der Waals surface area contributed by atoms with E-state index in [1.165, 1.54) is 6.07 Å². The molecule has 1 N–H and O–H groups in total. The average Bonchev–Trinajstić information content (AvgIpc) is 2.22. The third-order valence-electron chi connectivity index (χ3n) is 2.67. The molecule has 1 aromatic carbocycles. The SMILES string of the molecule is CCCC(C)(C)C(=O)Nc1ccc(F)cc1F.[Ti]. The molecular weight excluding hydrogens is 272 g/mol. The van der Waals surface area contributed by atoms with Gasteiger partial charge >= 0.3 is 0 Å². The van der Waals surface area contributed by atoms with E-state index in [2.05, 4.69) is 5.32 Å². The molecule has 5 heteroatoms. The Kier molecular flexibility index (Phi) is 6.72. The van der Waals surface area contributed by atoms with E-state index in [0.29, 0.717) is 6.42 Å². The van der Waals surface area contributed by atoms with Crippen LogP contribution in [-0.2, 0) is 26.5 Å². The predicted molar refractivity (Wildman–Crippen MR) is 63.7 cm³/mol. The third-order valence-corrected chi connectivity index (χ3v) is 2.67. The molecule has 0 fully saturated rings. The first-order chi connectivity index (χ1) is 7.86. The van der Waals surface area contributed by atoms with Gasteiger partial charge in [0.15, 0.2) is 0 Å². The summed E-state index contributed by atoms with van der Waals surface area (Å²) in [6.45, 7) is 5.58. The third kappa shape index (κ3) is 4.50. The zero-order valence-corrected chi connectivity index (χ0v) is 12.4. The number of nitrogens with one attached hydrogen (secondary N) is 1. The molecule has 18 heavy (non-hydrogen) atoms. The minimum Gasteiger partial charge on any atom is -0.323 e. The molecular formula is C13H17F2NOTi. The van der Waals surface area contributed by atoms with Gasteiger partial charge < -0.3 is 5.32 Å². The fraction of sp³-hybridized carbons (Fsp3) is 0.462. The zero-order valence-electron chi connectivity index (χ0n) is 10.8. The van der Waals surface area contributed by atoms with Crippen molar-refractivity contribution in [3.63, 3.8) is 0 Å². The summed E-state index contributed by atoms with van der Waals surface area (Å²) < 4.78 is 26.0. The van der Waals surface area contributed by atoms with E-state index in [9.17, 15) is 13.6 Å². The summed E-state index contributed by atoms with van der Waals surface area (Å²) in [5.41, 5.74) is -0.546. The molecule has 0 heterocycles. The first-order valence-corrected chi connectivity index (χ1v) is 5.63. The van der Waals surface area contributed by atoms with Crippen molar-refractivity contribution in [2.75, 3.05) is 5.32 Å². The Morgan fingerprint density at radius 1 is 1.33 bits per heavy atom. The molecule has 0 atom stereocenters. The maximum Gasteiger partial charge on any atom is 0.230 e. The van der Waals surface area contributed by atoms with Crippen LogP contribution < -0.4 is 5.32 Å². The van der Waals surface area contributed by atoms with Gasteiger partial charge in [-0.2, -0.15) is 0 Å². The van der Waals surface area contributed by atoms with Crippen LogP contribution in [-0.4, -0.2) is 5.91 Å². The molecule has 0 aliphatic rings. The van der Waals surface area contributed by atoms with Crippen molar-refractivity contribution < 1.29 is 35.3 Å². The molecule has 0 saturated carbocycles. The topological polar surface area (TPSA) is 29.1 Å². The second kappa shape index (κ2) is 7.00. The number of carbonyl (C=O) groups excluding carboxylic acids is 1. The van der Waals surface area contributed by atoms with E-state index in [1.54, 1.807) is 13.8 Å². The summed E-state index contributed by atoms with van der Waals surface area (Å²) in [7, 11) is 0. The Morgan fingerprint density at radius 3 is 2.44 bits per heavy atom. The van der Waals surface area contributed by atoms with E-state index in [-0.39, 0.29) is 33.3 Å². The summed E-state index contributed by atoms with van der Waals surface area (Å²) in [4.78, 5) is 11.9. The van der Waals surface area contributed by atoms with Crippen LogP contribution in [0.3, 0.4) is 0 Å². The summed E-state index contributed by atoms with van der Waals surface area (Å²) >= 11 is 0. The van der Waals surface area contributed by atoms with Gasteiger partial charge in [-0.05, 0) is 18.6 Å². The van der Waals surface area contributed by atoms with Gasteiger partial charge in [-0.25, -0.2) is 8.78 Å². The second-order valence-corrected chi connectivity index (χ2v) is 4.71. The molecule has 1 amide bonds. The molecule has 0 aliphatic heterocycles. The molecule has 1 rings (SSSR count). The Labute approximate surface area is 121 Å². The number of hydrogen-bond donors (Lipinski definition) is 1. The molecule has 0 aliphatic carbocycles. The zero-order chi connectivity index (χ0) is 13.1. The van der Waals surface area contributed by atoms with Crippen LogP contribution in [0.1, 0.15) is 33.6 Å². The Bertz CT molecular complexity index is 421. The Morgan fingerprint density at radius 2 is 1.94 bits per heavy atom. The molecule has 2 nitrogen and oxygen atoms in total. The standard InChI is InChI=1S/C13H17F2NO.Ti/c1-4-7-13(2,3)12(17)16-11-6-5-9(14)8-10(11)15;/h5-6,8H,4,7H2,1-3H3,(H,16,17);. The average molecular weight is 289 g/mol.